The average molecular weight is 659 g/mol. The Bertz CT molecular complexity index is 1270. The summed E-state index contributed by atoms with van der Waals surface area (Å²) in [4.78, 5) is 86.4. The Morgan fingerprint density at radius 3 is 2.15 bits per heavy atom. The number of nitrogens with zero attached hydrogens (tertiary/aromatic N) is 1. The lowest BCUT2D eigenvalue weighted by Gasteiger charge is -2.25. The van der Waals surface area contributed by atoms with Crippen molar-refractivity contribution in [1.82, 2.24) is 26.2 Å². The largest absolute Gasteiger partial charge is 0.445 e. The summed E-state index contributed by atoms with van der Waals surface area (Å²) in [6.07, 6.45) is 4.12. The Balaban J connectivity index is 1.93. The van der Waals surface area contributed by atoms with Gasteiger partial charge in [-0.3, -0.25) is 28.9 Å². The summed E-state index contributed by atoms with van der Waals surface area (Å²) in [6, 6.07) is 3.94. The van der Waals surface area contributed by atoms with Gasteiger partial charge in [0.2, 0.25) is 17.7 Å². The number of urea groups is 1. The van der Waals surface area contributed by atoms with Crippen LogP contribution in [0.1, 0.15) is 57.9 Å². The second-order valence-electron chi connectivity index (χ2n) is 11.2. The molecule has 1 heterocycles. The predicted molar refractivity (Wildman–Crippen MR) is 172 cm³/mol. The first-order valence-electron chi connectivity index (χ1n) is 15.6. The van der Waals surface area contributed by atoms with Crippen LogP contribution in [0.15, 0.2) is 36.4 Å². The van der Waals surface area contributed by atoms with Gasteiger partial charge in [-0.2, -0.15) is 0 Å². The summed E-state index contributed by atoms with van der Waals surface area (Å²) in [5, 5.41) is 13.2. The summed E-state index contributed by atoms with van der Waals surface area (Å²) >= 11 is 0. The number of alkyl carbamates (subject to hydrolysis) is 1. The third-order valence-electron chi connectivity index (χ3n) is 7.06. The first-order valence-corrected chi connectivity index (χ1v) is 15.6. The predicted octanol–water partition coefficient (Wildman–Crippen LogP) is 0.370. The number of unbranched alkanes of at least 4 members (excludes halogenated alkanes) is 2. The molecule has 0 saturated heterocycles. The van der Waals surface area contributed by atoms with Crippen molar-refractivity contribution in [2.24, 2.45) is 17.4 Å². The molecule has 0 aromatic heterocycles. The Labute approximate surface area is 273 Å². The number of carbonyl (C=O) groups excluding carboxylic acids is 7. The molecule has 16 heteroatoms. The minimum atomic E-state index is -1.00. The Kier molecular flexibility index (Phi) is 16.4. The van der Waals surface area contributed by atoms with Crippen LogP contribution in [0.2, 0.25) is 0 Å². The molecular weight excluding hydrogens is 612 g/mol. The van der Waals surface area contributed by atoms with Crippen LogP contribution in [0.5, 0.6) is 0 Å². The first kappa shape index (κ1) is 38.2. The van der Waals surface area contributed by atoms with E-state index in [0.717, 1.165) is 4.90 Å². The molecule has 16 nitrogen and oxygen atoms in total. The summed E-state index contributed by atoms with van der Waals surface area (Å²) in [5.74, 6) is -2.40. The maximum atomic E-state index is 13.3. The normalized spacial score (nSPS) is 13.6. The van der Waals surface area contributed by atoms with E-state index in [-0.39, 0.29) is 69.3 Å². The minimum Gasteiger partial charge on any atom is -0.445 e. The highest BCUT2D eigenvalue weighted by molar-refractivity contribution is 6.12. The van der Waals surface area contributed by atoms with Crippen LogP contribution < -0.4 is 38.1 Å². The van der Waals surface area contributed by atoms with Crippen LogP contribution in [0.25, 0.3) is 0 Å². The highest BCUT2D eigenvalue weighted by Crippen LogP contribution is 2.13. The highest BCUT2D eigenvalue weighted by Gasteiger charge is 2.29. The number of ether oxygens (including phenoxy) is 1. The zero-order chi connectivity index (χ0) is 34.8. The van der Waals surface area contributed by atoms with Crippen molar-refractivity contribution in [1.29, 1.82) is 0 Å². The number of benzene rings is 1. The fourth-order valence-corrected chi connectivity index (χ4v) is 4.50. The molecule has 9 N–H and O–H groups in total. The smallest absolute Gasteiger partial charge is 0.407 e. The first-order chi connectivity index (χ1) is 22.4. The molecule has 0 spiro atoms. The lowest BCUT2D eigenvalue weighted by Crippen LogP contribution is -2.54. The second kappa shape index (κ2) is 20.2. The van der Waals surface area contributed by atoms with Crippen molar-refractivity contribution in [2.75, 3.05) is 31.5 Å². The Hall–Kier alpha value is -4.99. The topological polar surface area (TPSA) is 244 Å². The average Bonchev–Trinajstić information content (AvgIpc) is 3.35. The second-order valence-corrected chi connectivity index (χ2v) is 11.2. The fraction of sp³-hybridized carbons (Fsp3) is 0.516. The van der Waals surface area contributed by atoms with Crippen molar-refractivity contribution in [3.05, 3.63) is 42.0 Å². The van der Waals surface area contributed by atoms with Gasteiger partial charge in [0.05, 0.1) is 0 Å². The molecule has 47 heavy (non-hydrogen) atoms. The molecule has 1 aliphatic rings. The SMILES string of the molecule is CC(C)[C@H](NC(=O)CCCCCN1C(=O)C=CC1=O)C(=O)N[C@@H](CCCNC(N)=O)C(=O)Nc1ccc(COC(=O)NCCN)cc1. The number of nitrogens with one attached hydrogen (secondary N) is 5. The lowest BCUT2D eigenvalue weighted by atomic mass is 10.0. The van der Waals surface area contributed by atoms with Gasteiger partial charge in [0.1, 0.15) is 18.7 Å². The quantitative estimate of drug-likeness (QED) is 0.0755. The van der Waals surface area contributed by atoms with Crippen molar-refractivity contribution in [2.45, 2.75) is 71.1 Å². The number of amides is 8. The number of primary amides is 1. The molecule has 0 aliphatic carbocycles. The van der Waals surface area contributed by atoms with Gasteiger partial charge in [-0.05, 0) is 49.3 Å². The highest BCUT2D eigenvalue weighted by atomic mass is 16.5. The number of hydrogen-bond donors (Lipinski definition) is 7. The van der Waals surface area contributed by atoms with Crippen molar-refractivity contribution < 1.29 is 38.3 Å². The van der Waals surface area contributed by atoms with Crippen molar-refractivity contribution in [3.63, 3.8) is 0 Å². The van der Waals surface area contributed by atoms with E-state index < -0.39 is 36.0 Å². The van der Waals surface area contributed by atoms with E-state index in [1.165, 1.54) is 12.2 Å². The van der Waals surface area contributed by atoms with Crippen LogP contribution in [0, 0.1) is 5.92 Å². The number of imide groups is 1. The minimum absolute atomic E-state index is 0.0107. The van der Waals surface area contributed by atoms with Crippen LogP contribution in [-0.4, -0.2) is 84.8 Å². The third kappa shape index (κ3) is 14.3. The number of rotatable bonds is 20. The number of carbonyl (C=O) groups is 7. The third-order valence-corrected chi connectivity index (χ3v) is 7.06. The van der Waals surface area contributed by atoms with Crippen LogP contribution in [0.3, 0.4) is 0 Å². The lowest BCUT2D eigenvalue weighted by molar-refractivity contribution is -0.137. The summed E-state index contributed by atoms with van der Waals surface area (Å²) in [5.41, 5.74) is 11.6. The number of nitrogens with two attached hydrogens (primary N) is 2. The van der Waals surface area contributed by atoms with Gasteiger partial charge in [0, 0.05) is 50.4 Å². The zero-order valence-corrected chi connectivity index (χ0v) is 26.8. The summed E-state index contributed by atoms with van der Waals surface area (Å²) in [7, 11) is 0. The van der Waals surface area contributed by atoms with Gasteiger partial charge in [-0.1, -0.05) is 32.4 Å². The van der Waals surface area contributed by atoms with Crippen LogP contribution >= 0.6 is 0 Å². The van der Waals surface area contributed by atoms with E-state index >= 15 is 0 Å². The standard InChI is InChI=1S/C31H46N8O8/c1-20(2)27(38-24(40)8-4-3-5-18-39-25(41)13-14-26(39)42)29(44)37-23(7-6-16-34-30(33)45)28(43)36-22-11-9-21(10-12-22)19-47-31(46)35-17-15-32/h9-14,20,23,27H,3-8,15-19,32H2,1-2H3,(H,35,46)(H,36,43)(H,37,44)(H,38,40)(H3,33,34,45)/t23-,27-/m0/s1. The van der Waals surface area contributed by atoms with Gasteiger partial charge >= 0.3 is 12.1 Å². The maximum absolute atomic E-state index is 13.3. The molecule has 0 unspecified atom stereocenters. The van der Waals surface area contributed by atoms with Gasteiger partial charge in [-0.25, -0.2) is 9.59 Å². The van der Waals surface area contributed by atoms with Crippen molar-refractivity contribution in [3.8, 4) is 0 Å². The molecule has 1 aliphatic heterocycles. The molecule has 1 aromatic carbocycles. The van der Waals surface area contributed by atoms with E-state index in [9.17, 15) is 33.6 Å². The summed E-state index contributed by atoms with van der Waals surface area (Å²) < 4.78 is 5.10. The number of anilines is 1. The molecule has 0 bridgehead atoms. The molecule has 0 saturated carbocycles. The Morgan fingerprint density at radius 2 is 1.53 bits per heavy atom. The molecular formula is C31H46N8O8. The molecule has 258 valence electrons. The van der Waals surface area contributed by atoms with Gasteiger partial charge in [0.15, 0.2) is 0 Å². The summed E-state index contributed by atoms with van der Waals surface area (Å²) in [6.45, 7) is 4.57. The van der Waals surface area contributed by atoms with E-state index in [2.05, 4.69) is 26.6 Å². The van der Waals surface area contributed by atoms with Gasteiger partial charge in [0.25, 0.3) is 11.8 Å². The maximum Gasteiger partial charge on any atom is 0.407 e. The van der Waals surface area contributed by atoms with E-state index in [4.69, 9.17) is 16.2 Å². The monoisotopic (exact) mass is 658 g/mol. The molecule has 2 rings (SSSR count). The van der Waals surface area contributed by atoms with E-state index in [1.807, 2.05) is 0 Å². The Morgan fingerprint density at radius 1 is 0.851 bits per heavy atom. The van der Waals surface area contributed by atoms with E-state index in [0.29, 0.717) is 36.9 Å². The molecule has 8 amide bonds. The van der Waals surface area contributed by atoms with Crippen LogP contribution in [0.4, 0.5) is 15.3 Å². The zero-order valence-electron chi connectivity index (χ0n) is 26.8. The van der Waals surface area contributed by atoms with E-state index in [1.54, 1.807) is 38.1 Å². The fourth-order valence-electron chi connectivity index (χ4n) is 4.50. The van der Waals surface area contributed by atoms with Crippen LogP contribution in [-0.2, 0) is 35.3 Å². The molecule has 0 fully saturated rings. The molecule has 2 atom stereocenters. The number of hydrogen-bond acceptors (Lipinski definition) is 9. The molecule has 0 radical (unpaired) electrons. The van der Waals surface area contributed by atoms with Gasteiger partial charge in [-0.15, -0.1) is 0 Å². The molecule has 1 aromatic rings. The van der Waals surface area contributed by atoms with Crippen molar-refractivity contribution >= 4 is 47.3 Å². The van der Waals surface area contributed by atoms with Gasteiger partial charge < -0.3 is 42.8 Å².